The molecule has 0 radical (unpaired) electrons. The van der Waals surface area contributed by atoms with Gasteiger partial charge in [-0.25, -0.2) is 0 Å². The summed E-state index contributed by atoms with van der Waals surface area (Å²) in [5.74, 6) is 0.322. The van der Waals surface area contributed by atoms with E-state index in [-0.39, 0.29) is 0 Å². The Kier molecular flexibility index (Phi) is 1.96. The van der Waals surface area contributed by atoms with Crippen LogP contribution in [0, 0.1) is 0 Å². The summed E-state index contributed by atoms with van der Waals surface area (Å²) in [4.78, 5) is 2.97. The largest absolute Gasteiger partial charge is 0.383 e. The van der Waals surface area contributed by atoms with Gasteiger partial charge in [0, 0.05) is 17.8 Å². The zero-order valence-corrected chi connectivity index (χ0v) is 8.34. The van der Waals surface area contributed by atoms with Gasteiger partial charge in [0.1, 0.15) is 5.75 Å². The van der Waals surface area contributed by atoms with E-state index in [1.807, 2.05) is 6.07 Å². The van der Waals surface area contributed by atoms with E-state index in [9.17, 15) is 8.42 Å². The predicted molar refractivity (Wildman–Crippen MR) is 53.8 cm³/mol. The van der Waals surface area contributed by atoms with Crippen LogP contribution in [0.15, 0.2) is 30.5 Å². The normalized spacial score (nSPS) is 11.8. The Bertz CT molecular complexity index is 556. The zero-order valence-electron chi connectivity index (χ0n) is 7.52. The molecule has 1 N–H and O–H groups in total. The lowest BCUT2D eigenvalue weighted by Gasteiger charge is -2.01. The molecule has 0 bridgehead atoms. The Hall–Kier alpha value is -1.49. The number of hydrogen-bond acceptors (Lipinski definition) is 3. The maximum Gasteiger partial charge on any atom is 0.306 e. The summed E-state index contributed by atoms with van der Waals surface area (Å²) in [5.41, 5.74) is 0.853. The lowest BCUT2D eigenvalue weighted by atomic mass is 10.2. The van der Waals surface area contributed by atoms with Crippen LogP contribution in [0.25, 0.3) is 10.9 Å². The Morgan fingerprint density at radius 1 is 1.29 bits per heavy atom. The number of rotatable bonds is 2. The summed E-state index contributed by atoms with van der Waals surface area (Å²) in [6.45, 7) is 0. The van der Waals surface area contributed by atoms with Gasteiger partial charge < -0.3 is 9.17 Å². The number of fused-ring (bicyclic) bond motifs is 1. The summed E-state index contributed by atoms with van der Waals surface area (Å²) < 4.78 is 26.4. The number of H-pyrrole nitrogens is 1. The van der Waals surface area contributed by atoms with Crippen molar-refractivity contribution in [2.45, 2.75) is 0 Å². The van der Waals surface area contributed by atoms with E-state index in [4.69, 9.17) is 4.18 Å². The second kappa shape index (κ2) is 3.02. The van der Waals surface area contributed by atoms with Crippen LogP contribution >= 0.6 is 0 Å². The standard InChI is InChI=1S/C9H9NO3S/c1-14(11,12)13-8-3-2-7-4-5-10-9(7)6-8/h2-6,10H,1H3. The van der Waals surface area contributed by atoms with Gasteiger partial charge in [-0.3, -0.25) is 0 Å². The molecule has 5 heteroatoms. The van der Waals surface area contributed by atoms with Crippen molar-refractivity contribution in [3.05, 3.63) is 30.5 Å². The lowest BCUT2D eigenvalue weighted by Crippen LogP contribution is -2.05. The molecule has 0 saturated heterocycles. The topological polar surface area (TPSA) is 59.2 Å². The number of aromatic amines is 1. The highest BCUT2D eigenvalue weighted by atomic mass is 32.2. The van der Waals surface area contributed by atoms with Crippen molar-refractivity contribution in [3.8, 4) is 5.75 Å². The molecule has 0 fully saturated rings. The van der Waals surface area contributed by atoms with E-state index in [0.717, 1.165) is 17.2 Å². The van der Waals surface area contributed by atoms with Gasteiger partial charge in [-0.1, -0.05) is 0 Å². The van der Waals surface area contributed by atoms with Crippen LogP contribution in [0.4, 0.5) is 0 Å². The molecular formula is C9H9NO3S. The van der Waals surface area contributed by atoms with Crippen LogP contribution in [0.3, 0.4) is 0 Å². The van der Waals surface area contributed by atoms with Crippen LogP contribution < -0.4 is 4.18 Å². The highest BCUT2D eigenvalue weighted by Gasteiger charge is 2.04. The first-order valence-corrected chi connectivity index (χ1v) is 5.83. The summed E-state index contributed by atoms with van der Waals surface area (Å²) in [6, 6.07) is 6.97. The first kappa shape index (κ1) is 9.08. The first-order chi connectivity index (χ1) is 6.54. The Morgan fingerprint density at radius 3 is 2.79 bits per heavy atom. The van der Waals surface area contributed by atoms with E-state index in [1.165, 1.54) is 0 Å². The van der Waals surface area contributed by atoms with Crippen LogP contribution in [0.2, 0.25) is 0 Å². The molecule has 0 amide bonds. The Balaban J connectivity index is 2.44. The molecule has 0 spiro atoms. The predicted octanol–water partition coefficient (Wildman–Crippen LogP) is 1.51. The highest BCUT2D eigenvalue weighted by Crippen LogP contribution is 2.20. The molecule has 0 aliphatic carbocycles. The van der Waals surface area contributed by atoms with Crippen molar-refractivity contribution in [2.75, 3.05) is 6.26 Å². The number of nitrogens with one attached hydrogen (secondary N) is 1. The molecule has 0 aliphatic heterocycles. The van der Waals surface area contributed by atoms with Crippen molar-refractivity contribution < 1.29 is 12.6 Å². The molecule has 1 aromatic heterocycles. The van der Waals surface area contributed by atoms with Crippen LogP contribution in [-0.2, 0) is 10.1 Å². The molecule has 0 aliphatic rings. The Labute approximate surface area is 81.6 Å². The van der Waals surface area contributed by atoms with E-state index >= 15 is 0 Å². The molecule has 1 heterocycles. The molecule has 74 valence electrons. The molecular weight excluding hydrogens is 202 g/mol. The molecule has 2 aromatic rings. The number of hydrogen-bond donors (Lipinski definition) is 1. The molecule has 0 saturated carbocycles. The molecule has 14 heavy (non-hydrogen) atoms. The molecule has 2 rings (SSSR count). The van der Waals surface area contributed by atoms with Crippen molar-refractivity contribution in [3.63, 3.8) is 0 Å². The zero-order chi connectivity index (χ0) is 10.2. The van der Waals surface area contributed by atoms with Crippen molar-refractivity contribution in [2.24, 2.45) is 0 Å². The van der Waals surface area contributed by atoms with E-state index in [2.05, 4.69) is 4.98 Å². The van der Waals surface area contributed by atoms with Gasteiger partial charge in [-0.15, -0.1) is 0 Å². The smallest absolute Gasteiger partial charge is 0.306 e. The second-order valence-electron chi connectivity index (χ2n) is 3.01. The van der Waals surface area contributed by atoms with Gasteiger partial charge in [0.2, 0.25) is 0 Å². The average molecular weight is 211 g/mol. The van der Waals surface area contributed by atoms with Crippen molar-refractivity contribution in [1.82, 2.24) is 4.98 Å². The third kappa shape index (κ3) is 1.88. The first-order valence-electron chi connectivity index (χ1n) is 4.01. The van der Waals surface area contributed by atoms with Gasteiger partial charge in [0.05, 0.1) is 6.26 Å². The fourth-order valence-corrected chi connectivity index (χ4v) is 1.71. The van der Waals surface area contributed by atoms with Gasteiger partial charge in [-0.2, -0.15) is 8.42 Å². The monoisotopic (exact) mass is 211 g/mol. The molecule has 0 atom stereocenters. The maximum absolute atomic E-state index is 10.8. The van der Waals surface area contributed by atoms with Gasteiger partial charge in [0.25, 0.3) is 0 Å². The summed E-state index contributed by atoms with van der Waals surface area (Å²) in [6.07, 6.45) is 2.81. The fraction of sp³-hybridized carbons (Fsp3) is 0.111. The average Bonchev–Trinajstić information content (AvgIpc) is 2.47. The molecule has 4 nitrogen and oxygen atoms in total. The van der Waals surface area contributed by atoms with Gasteiger partial charge in [-0.05, 0) is 23.6 Å². The van der Waals surface area contributed by atoms with E-state index < -0.39 is 10.1 Å². The summed E-state index contributed by atoms with van der Waals surface area (Å²) >= 11 is 0. The fourth-order valence-electron chi connectivity index (χ4n) is 1.25. The SMILES string of the molecule is CS(=O)(=O)Oc1ccc2cc[nH]c2c1. The van der Waals surface area contributed by atoms with Crippen LogP contribution in [0.1, 0.15) is 0 Å². The van der Waals surface area contributed by atoms with Crippen LogP contribution in [-0.4, -0.2) is 19.7 Å². The van der Waals surface area contributed by atoms with Crippen LogP contribution in [0.5, 0.6) is 5.75 Å². The minimum Gasteiger partial charge on any atom is -0.383 e. The third-order valence-electron chi connectivity index (χ3n) is 1.77. The van der Waals surface area contributed by atoms with Crippen molar-refractivity contribution >= 4 is 21.0 Å². The summed E-state index contributed by atoms with van der Waals surface area (Å²) in [5, 5.41) is 1.02. The van der Waals surface area contributed by atoms with E-state index in [1.54, 1.807) is 24.4 Å². The minimum absolute atomic E-state index is 0.322. The van der Waals surface area contributed by atoms with E-state index in [0.29, 0.717) is 5.75 Å². The summed E-state index contributed by atoms with van der Waals surface area (Å²) in [7, 11) is -3.44. The number of aromatic nitrogens is 1. The Morgan fingerprint density at radius 2 is 2.07 bits per heavy atom. The second-order valence-corrected chi connectivity index (χ2v) is 4.59. The maximum atomic E-state index is 10.8. The molecule has 0 unspecified atom stereocenters. The lowest BCUT2D eigenvalue weighted by molar-refractivity contribution is 0.493. The minimum atomic E-state index is -3.44. The highest BCUT2D eigenvalue weighted by molar-refractivity contribution is 7.86. The van der Waals surface area contributed by atoms with Gasteiger partial charge >= 0.3 is 10.1 Å². The quantitative estimate of drug-likeness (QED) is 0.766. The third-order valence-corrected chi connectivity index (χ3v) is 2.27. The molecule has 1 aromatic carbocycles. The number of benzene rings is 1. The van der Waals surface area contributed by atoms with Gasteiger partial charge in [0.15, 0.2) is 0 Å². The van der Waals surface area contributed by atoms with Crippen molar-refractivity contribution in [1.29, 1.82) is 0 Å².